The Labute approximate surface area is 147 Å². The first-order valence-corrected chi connectivity index (χ1v) is 9.60. The lowest BCUT2D eigenvalue weighted by atomic mass is 10.0. The van der Waals surface area contributed by atoms with Crippen LogP contribution in [0.4, 0.5) is 0 Å². The number of piperidine rings is 1. The number of aliphatic imine (C=N–C) groups is 1. The van der Waals surface area contributed by atoms with E-state index in [1.165, 1.54) is 25.8 Å². The largest absolute Gasteiger partial charge is 0.379 e. The maximum absolute atomic E-state index is 5.78. The zero-order valence-electron chi connectivity index (χ0n) is 15.7. The fourth-order valence-electron chi connectivity index (χ4n) is 3.53. The second kappa shape index (κ2) is 10.9. The third kappa shape index (κ3) is 6.57. The molecule has 2 aliphatic heterocycles. The SMILES string of the molecule is CN=C(NCCCOC1CCOC1)NCC(C)N1CCCCC1C. The summed E-state index contributed by atoms with van der Waals surface area (Å²) >= 11 is 0. The molecule has 2 saturated heterocycles. The van der Waals surface area contributed by atoms with Gasteiger partial charge in [-0.2, -0.15) is 0 Å². The molecule has 0 aromatic rings. The minimum absolute atomic E-state index is 0.301. The van der Waals surface area contributed by atoms with E-state index >= 15 is 0 Å². The molecule has 2 N–H and O–H groups in total. The van der Waals surface area contributed by atoms with Crippen LogP contribution in [0.5, 0.6) is 0 Å². The zero-order valence-corrected chi connectivity index (χ0v) is 15.7. The van der Waals surface area contributed by atoms with Gasteiger partial charge in [0.15, 0.2) is 5.96 Å². The van der Waals surface area contributed by atoms with Gasteiger partial charge in [0.25, 0.3) is 0 Å². The van der Waals surface area contributed by atoms with Gasteiger partial charge in [0.2, 0.25) is 0 Å². The van der Waals surface area contributed by atoms with Gasteiger partial charge in [0.05, 0.1) is 12.7 Å². The van der Waals surface area contributed by atoms with Crippen LogP contribution in [-0.4, -0.2) is 75.5 Å². The molecule has 24 heavy (non-hydrogen) atoms. The molecular weight excluding hydrogens is 304 g/mol. The molecule has 0 saturated carbocycles. The average molecular weight is 341 g/mol. The zero-order chi connectivity index (χ0) is 17.2. The van der Waals surface area contributed by atoms with E-state index in [1.54, 1.807) is 0 Å². The fraction of sp³-hybridized carbons (Fsp3) is 0.944. The molecule has 0 aromatic carbocycles. The van der Waals surface area contributed by atoms with Crippen molar-refractivity contribution in [2.24, 2.45) is 4.99 Å². The maximum atomic E-state index is 5.78. The van der Waals surface area contributed by atoms with Crippen LogP contribution < -0.4 is 10.6 Å². The van der Waals surface area contributed by atoms with E-state index in [1.807, 2.05) is 7.05 Å². The molecule has 140 valence electrons. The van der Waals surface area contributed by atoms with E-state index in [0.717, 1.165) is 51.7 Å². The van der Waals surface area contributed by atoms with E-state index in [9.17, 15) is 0 Å². The predicted octanol–water partition coefficient (Wildman–Crippen LogP) is 1.61. The molecule has 0 aromatic heterocycles. The number of rotatable bonds is 8. The summed E-state index contributed by atoms with van der Waals surface area (Å²) in [7, 11) is 1.83. The smallest absolute Gasteiger partial charge is 0.191 e. The highest BCUT2D eigenvalue weighted by Crippen LogP contribution is 2.18. The third-order valence-electron chi connectivity index (χ3n) is 5.06. The number of guanidine groups is 1. The minimum atomic E-state index is 0.301. The Bertz CT molecular complexity index is 372. The van der Waals surface area contributed by atoms with Crippen molar-refractivity contribution in [3.63, 3.8) is 0 Å². The van der Waals surface area contributed by atoms with E-state index in [2.05, 4.69) is 34.4 Å². The van der Waals surface area contributed by atoms with E-state index < -0.39 is 0 Å². The van der Waals surface area contributed by atoms with Crippen LogP contribution in [0.1, 0.15) is 46.0 Å². The number of ether oxygens (including phenoxy) is 2. The van der Waals surface area contributed by atoms with Gasteiger partial charge in [0.1, 0.15) is 0 Å². The number of hydrogen-bond acceptors (Lipinski definition) is 4. The van der Waals surface area contributed by atoms with Crippen molar-refractivity contribution >= 4 is 5.96 Å². The van der Waals surface area contributed by atoms with Gasteiger partial charge in [-0.3, -0.25) is 9.89 Å². The summed E-state index contributed by atoms with van der Waals surface area (Å²) in [5.41, 5.74) is 0. The van der Waals surface area contributed by atoms with Gasteiger partial charge in [0, 0.05) is 45.4 Å². The molecule has 2 heterocycles. The monoisotopic (exact) mass is 340 g/mol. The van der Waals surface area contributed by atoms with Crippen LogP contribution in [0, 0.1) is 0 Å². The summed E-state index contributed by atoms with van der Waals surface area (Å²) in [6, 6.07) is 1.23. The third-order valence-corrected chi connectivity index (χ3v) is 5.06. The summed E-state index contributed by atoms with van der Waals surface area (Å²) in [6.07, 6.45) is 6.33. The summed E-state index contributed by atoms with van der Waals surface area (Å²) in [6.45, 7) is 10.0. The molecular formula is C18H36N4O2. The van der Waals surface area contributed by atoms with Crippen molar-refractivity contribution in [3.05, 3.63) is 0 Å². The van der Waals surface area contributed by atoms with Gasteiger partial charge in [-0.05, 0) is 46.1 Å². The second-order valence-corrected chi connectivity index (χ2v) is 7.02. The van der Waals surface area contributed by atoms with Crippen LogP contribution in [0.2, 0.25) is 0 Å². The Kier molecular flexibility index (Phi) is 8.84. The highest BCUT2D eigenvalue weighted by Gasteiger charge is 2.23. The van der Waals surface area contributed by atoms with Crippen molar-refractivity contribution in [2.75, 3.05) is 46.5 Å². The second-order valence-electron chi connectivity index (χ2n) is 7.02. The highest BCUT2D eigenvalue weighted by molar-refractivity contribution is 5.79. The molecule has 2 fully saturated rings. The van der Waals surface area contributed by atoms with Gasteiger partial charge in [-0.15, -0.1) is 0 Å². The van der Waals surface area contributed by atoms with Crippen molar-refractivity contribution in [1.29, 1.82) is 0 Å². The van der Waals surface area contributed by atoms with Gasteiger partial charge >= 0.3 is 0 Å². The lowest BCUT2D eigenvalue weighted by Gasteiger charge is -2.38. The molecule has 3 atom stereocenters. The average Bonchev–Trinajstić information content (AvgIpc) is 3.11. The Balaban J connectivity index is 1.56. The Morgan fingerprint density at radius 2 is 2.21 bits per heavy atom. The first-order valence-electron chi connectivity index (χ1n) is 9.60. The van der Waals surface area contributed by atoms with Crippen molar-refractivity contribution in [1.82, 2.24) is 15.5 Å². The fourth-order valence-corrected chi connectivity index (χ4v) is 3.53. The molecule has 0 aliphatic carbocycles. The Morgan fingerprint density at radius 3 is 2.92 bits per heavy atom. The van der Waals surface area contributed by atoms with Gasteiger partial charge in [-0.1, -0.05) is 6.42 Å². The topological polar surface area (TPSA) is 58.1 Å². The maximum Gasteiger partial charge on any atom is 0.191 e. The van der Waals surface area contributed by atoms with Crippen LogP contribution >= 0.6 is 0 Å². The molecule has 3 unspecified atom stereocenters. The number of hydrogen-bond donors (Lipinski definition) is 2. The van der Waals surface area contributed by atoms with E-state index in [0.29, 0.717) is 18.2 Å². The van der Waals surface area contributed by atoms with Crippen LogP contribution in [0.15, 0.2) is 4.99 Å². The molecule has 2 aliphatic rings. The van der Waals surface area contributed by atoms with Gasteiger partial charge < -0.3 is 20.1 Å². The quantitative estimate of drug-likeness (QED) is 0.399. The van der Waals surface area contributed by atoms with Crippen molar-refractivity contribution < 1.29 is 9.47 Å². The predicted molar refractivity (Wildman–Crippen MR) is 98.6 cm³/mol. The Morgan fingerprint density at radius 1 is 1.33 bits per heavy atom. The minimum Gasteiger partial charge on any atom is -0.379 e. The molecule has 0 amide bonds. The van der Waals surface area contributed by atoms with E-state index in [-0.39, 0.29) is 0 Å². The number of nitrogens with zero attached hydrogens (tertiary/aromatic N) is 2. The highest BCUT2D eigenvalue weighted by atomic mass is 16.5. The summed E-state index contributed by atoms with van der Waals surface area (Å²) in [5, 5.41) is 6.83. The molecule has 6 heteroatoms. The summed E-state index contributed by atoms with van der Waals surface area (Å²) in [4.78, 5) is 6.93. The summed E-state index contributed by atoms with van der Waals surface area (Å²) < 4.78 is 11.1. The normalized spacial score (nSPS) is 27.2. The number of nitrogens with one attached hydrogen (secondary N) is 2. The lowest BCUT2D eigenvalue weighted by Crippen LogP contribution is -2.50. The first kappa shape index (κ1) is 19.5. The first-order chi connectivity index (χ1) is 11.7. The van der Waals surface area contributed by atoms with Crippen molar-refractivity contribution in [2.45, 2.75) is 64.1 Å². The van der Waals surface area contributed by atoms with Gasteiger partial charge in [-0.25, -0.2) is 0 Å². The summed E-state index contributed by atoms with van der Waals surface area (Å²) in [5.74, 6) is 0.885. The standard InChI is InChI=1S/C18H36N4O2/c1-15-7-4-5-10-22(15)16(2)13-21-18(19-3)20-9-6-11-24-17-8-12-23-14-17/h15-17H,4-14H2,1-3H3,(H2,19,20,21). The van der Waals surface area contributed by atoms with Crippen LogP contribution in [-0.2, 0) is 9.47 Å². The number of likely N-dealkylation sites (tertiary alicyclic amines) is 1. The molecule has 6 nitrogen and oxygen atoms in total. The molecule has 0 radical (unpaired) electrons. The van der Waals surface area contributed by atoms with E-state index in [4.69, 9.17) is 9.47 Å². The lowest BCUT2D eigenvalue weighted by molar-refractivity contribution is 0.0420. The molecule has 2 rings (SSSR count). The van der Waals surface area contributed by atoms with Crippen LogP contribution in [0.25, 0.3) is 0 Å². The Hall–Kier alpha value is -0.850. The van der Waals surface area contributed by atoms with Crippen LogP contribution in [0.3, 0.4) is 0 Å². The molecule has 0 spiro atoms. The van der Waals surface area contributed by atoms with Crippen molar-refractivity contribution in [3.8, 4) is 0 Å². The molecule has 0 bridgehead atoms.